The summed E-state index contributed by atoms with van der Waals surface area (Å²) in [6, 6.07) is 19.6. The summed E-state index contributed by atoms with van der Waals surface area (Å²) in [7, 11) is 0. The van der Waals surface area contributed by atoms with Crippen molar-refractivity contribution in [3.63, 3.8) is 0 Å². The van der Waals surface area contributed by atoms with Crippen LogP contribution in [0, 0.1) is 0 Å². The van der Waals surface area contributed by atoms with Crippen LogP contribution in [0.5, 0.6) is 0 Å². The van der Waals surface area contributed by atoms with Crippen LogP contribution in [0.4, 0.5) is 4.39 Å². The first-order valence-electron chi connectivity index (χ1n) is 10.2. The monoisotopic (exact) mass is 353 g/mol. The lowest BCUT2D eigenvalue weighted by Gasteiger charge is -2.31. The lowest BCUT2D eigenvalue weighted by molar-refractivity contribution is 0.173. The normalized spacial score (nSPS) is 16.6. The zero-order valence-corrected chi connectivity index (χ0v) is 16.3. The Balaban J connectivity index is 1.59. The van der Waals surface area contributed by atoms with Gasteiger partial charge in [-0.25, -0.2) is 4.39 Å². The largest absolute Gasteiger partial charge is 0.296 e. The molecule has 0 bridgehead atoms. The van der Waals surface area contributed by atoms with Crippen molar-refractivity contribution in [3.8, 4) is 0 Å². The van der Waals surface area contributed by atoms with E-state index in [-0.39, 0.29) is 0 Å². The van der Waals surface area contributed by atoms with Crippen LogP contribution in [0.3, 0.4) is 0 Å². The van der Waals surface area contributed by atoms with E-state index in [0.717, 1.165) is 31.5 Å². The molecular weight excluding hydrogens is 321 g/mol. The maximum absolute atomic E-state index is 14.1. The molecule has 1 unspecified atom stereocenters. The van der Waals surface area contributed by atoms with Gasteiger partial charge in [0.15, 0.2) is 0 Å². The number of hydrogen-bond donors (Lipinski definition) is 0. The fourth-order valence-corrected chi connectivity index (χ4v) is 3.84. The molecule has 1 saturated carbocycles. The average Bonchev–Trinajstić information content (AvgIpc) is 3.42. The number of rotatable bonds is 10. The Hall–Kier alpha value is -1.67. The molecule has 0 saturated heterocycles. The molecule has 3 rings (SSSR count). The first-order chi connectivity index (χ1) is 12.6. The van der Waals surface area contributed by atoms with Crippen molar-refractivity contribution in [1.82, 2.24) is 4.90 Å². The first kappa shape index (κ1) is 19.1. The number of alkyl halides is 1. The zero-order valence-electron chi connectivity index (χ0n) is 16.3. The highest BCUT2D eigenvalue weighted by molar-refractivity contribution is 5.31. The Morgan fingerprint density at radius 1 is 0.962 bits per heavy atom. The van der Waals surface area contributed by atoms with E-state index in [4.69, 9.17) is 0 Å². The van der Waals surface area contributed by atoms with Crippen LogP contribution in [-0.2, 0) is 18.6 Å². The summed E-state index contributed by atoms with van der Waals surface area (Å²) in [4.78, 5) is 2.63. The molecule has 1 nitrogen and oxygen atoms in total. The van der Waals surface area contributed by atoms with Crippen LogP contribution in [0.25, 0.3) is 0 Å². The molecular formula is C24H32FN. The van der Waals surface area contributed by atoms with E-state index in [1.807, 2.05) is 12.1 Å². The molecule has 140 valence electrons. The van der Waals surface area contributed by atoms with Crippen LogP contribution in [-0.4, -0.2) is 17.5 Å². The minimum Gasteiger partial charge on any atom is -0.296 e. The summed E-state index contributed by atoms with van der Waals surface area (Å²) in [5, 5.41) is 0. The van der Waals surface area contributed by atoms with Crippen LogP contribution in [0.15, 0.2) is 54.6 Å². The SMILES string of the molecule is CCCN(Cc1ccccc1)C(CC)CCc1ccc(C2(F)CC2)cc1. The van der Waals surface area contributed by atoms with E-state index in [1.54, 1.807) is 0 Å². The van der Waals surface area contributed by atoms with Crippen LogP contribution >= 0.6 is 0 Å². The van der Waals surface area contributed by atoms with Gasteiger partial charge < -0.3 is 0 Å². The number of hydrogen-bond acceptors (Lipinski definition) is 1. The molecule has 2 aromatic rings. The number of benzene rings is 2. The molecule has 0 radical (unpaired) electrons. The van der Waals surface area contributed by atoms with Gasteiger partial charge in [-0.3, -0.25) is 4.90 Å². The summed E-state index contributed by atoms with van der Waals surface area (Å²) in [6.45, 7) is 6.71. The quantitative estimate of drug-likeness (QED) is 0.486. The maximum Gasteiger partial charge on any atom is 0.136 e. The molecule has 1 fully saturated rings. The average molecular weight is 354 g/mol. The summed E-state index contributed by atoms with van der Waals surface area (Å²) in [6.07, 6.45) is 5.94. The molecule has 0 heterocycles. The van der Waals surface area contributed by atoms with Crippen molar-refractivity contribution in [2.45, 2.75) is 70.6 Å². The summed E-state index contributed by atoms with van der Waals surface area (Å²) < 4.78 is 14.1. The van der Waals surface area contributed by atoms with E-state index in [9.17, 15) is 4.39 Å². The zero-order chi connectivity index (χ0) is 18.4. The lowest BCUT2D eigenvalue weighted by atomic mass is 9.99. The van der Waals surface area contributed by atoms with Crippen molar-refractivity contribution >= 4 is 0 Å². The van der Waals surface area contributed by atoms with Gasteiger partial charge in [-0.15, -0.1) is 0 Å². The Morgan fingerprint density at radius 3 is 2.23 bits per heavy atom. The standard InChI is InChI=1S/C24H32FN/c1-3-18-26(19-21-8-6-5-7-9-21)23(4-2)15-12-20-10-13-22(14-11-20)24(25)16-17-24/h5-11,13-14,23H,3-4,12,15-19H2,1-2H3. The van der Waals surface area contributed by atoms with E-state index in [0.29, 0.717) is 18.9 Å². The first-order valence-corrected chi connectivity index (χ1v) is 10.2. The van der Waals surface area contributed by atoms with Gasteiger partial charge in [-0.05, 0) is 61.8 Å². The van der Waals surface area contributed by atoms with Crippen molar-refractivity contribution in [2.24, 2.45) is 0 Å². The van der Waals surface area contributed by atoms with Gasteiger partial charge in [0, 0.05) is 12.6 Å². The van der Waals surface area contributed by atoms with Crippen LogP contribution in [0.2, 0.25) is 0 Å². The van der Waals surface area contributed by atoms with Gasteiger partial charge in [0.2, 0.25) is 0 Å². The summed E-state index contributed by atoms with van der Waals surface area (Å²) in [5.41, 5.74) is 2.57. The number of aryl methyl sites for hydroxylation is 1. The molecule has 0 amide bonds. The van der Waals surface area contributed by atoms with Gasteiger partial charge in [0.25, 0.3) is 0 Å². The van der Waals surface area contributed by atoms with Crippen LogP contribution in [0.1, 0.15) is 62.6 Å². The van der Waals surface area contributed by atoms with Gasteiger partial charge in [-0.2, -0.15) is 0 Å². The van der Waals surface area contributed by atoms with Gasteiger partial charge in [0.05, 0.1) is 0 Å². The highest BCUT2D eigenvalue weighted by atomic mass is 19.1. The molecule has 0 aliphatic heterocycles. The molecule has 1 aliphatic rings. The fourth-order valence-electron chi connectivity index (χ4n) is 3.84. The Labute approximate surface area is 158 Å². The smallest absolute Gasteiger partial charge is 0.136 e. The Bertz CT molecular complexity index is 660. The second-order valence-corrected chi connectivity index (χ2v) is 7.72. The molecule has 1 atom stereocenters. The predicted molar refractivity (Wildman–Crippen MR) is 108 cm³/mol. The topological polar surface area (TPSA) is 3.24 Å². The second-order valence-electron chi connectivity index (χ2n) is 7.72. The van der Waals surface area contributed by atoms with E-state index < -0.39 is 5.67 Å². The Morgan fingerprint density at radius 2 is 1.65 bits per heavy atom. The van der Waals surface area contributed by atoms with Gasteiger partial charge >= 0.3 is 0 Å². The summed E-state index contributed by atoms with van der Waals surface area (Å²) >= 11 is 0. The number of halogens is 1. The van der Waals surface area contributed by atoms with Crippen molar-refractivity contribution in [2.75, 3.05) is 6.54 Å². The predicted octanol–water partition coefficient (Wildman–Crippen LogP) is 6.27. The van der Waals surface area contributed by atoms with Crippen molar-refractivity contribution in [3.05, 3.63) is 71.3 Å². The van der Waals surface area contributed by atoms with Crippen molar-refractivity contribution in [1.29, 1.82) is 0 Å². The molecule has 1 aliphatic carbocycles. The fraction of sp³-hybridized carbons (Fsp3) is 0.500. The molecule has 0 aromatic heterocycles. The maximum atomic E-state index is 14.1. The van der Waals surface area contributed by atoms with Crippen molar-refractivity contribution < 1.29 is 4.39 Å². The summed E-state index contributed by atoms with van der Waals surface area (Å²) in [5.74, 6) is 0. The molecule has 2 heteroatoms. The number of nitrogens with zero attached hydrogens (tertiary/aromatic N) is 1. The third kappa shape index (κ3) is 4.94. The van der Waals surface area contributed by atoms with Gasteiger partial charge in [0.1, 0.15) is 5.67 Å². The molecule has 26 heavy (non-hydrogen) atoms. The van der Waals surface area contributed by atoms with E-state index in [1.165, 1.54) is 24.0 Å². The molecule has 0 N–H and O–H groups in total. The lowest BCUT2D eigenvalue weighted by Crippen LogP contribution is -2.35. The Kier molecular flexibility index (Phi) is 6.48. The highest BCUT2D eigenvalue weighted by Gasteiger charge is 2.44. The second kappa shape index (κ2) is 8.81. The van der Waals surface area contributed by atoms with E-state index in [2.05, 4.69) is 61.2 Å². The minimum atomic E-state index is -1.02. The molecule has 2 aromatic carbocycles. The molecule has 0 spiro atoms. The third-order valence-electron chi connectivity index (χ3n) is 5.65. The minimum absolute atomic E-state index is 0.589. The van der Waals surface area contributed by atoms with Crippen LogP contribution < -0.4 is 0 Å². The third-order valence-corrected chi connectivity index (χ3v) is 5.65. The highest BCUT2D eigenvalue weighted by Crippen LogP contribution is 2.49. The van der Waals surface area contributed by atoms with Gasteiger partial charge in [-0.1, -0.05) is 68.4 Å². The van der Waals surface area contributed by atoms with E-state index >= 15 is 0 Å².